The molecular weight excluding hydrogens is 256 g/mol. The number of carboxylic acids is 1. The van der Waals surface area contributed by atoms with Crippen LogP contribution in [0.25, 0.3) is 0 Å². The van der Waals surface area contributed by atoms with Gasteiger partial charge < -0.3 is 10.0 Å². The maximum absolute atomic E-state index is 12.3. The molecule has 1 saturated heterocycles. The van der Waals surface area contributed by atoms with Crippen molar-refractivity contribution in [3.63, 3.8) is 0 Å². The van der Waals surface area contributed by atoms with Crippen molar-refractivity contribution >= 4 is 17.6 Å². The first kappa shape index (κ1) is 14.5. The van der Waals surface area contributed by atoms with Crippen molar-refractivity contribution in [1.29, 1.82) is 0 Å². The maximum Gasteiger partial charge on any atom is 0.303 e. The minimum atomic E-state index is -0.763. The highest BCUT2D eigenvalue weighted by atomic mass is 16.4. The van der Waals surface area contributed by atoms with E-state index < -0.39 is 5.97 Å². The highest BCUT2D eigenvalue weighted by Crippen LogP contribution is 2.20. The van der Waals surface area contributed by atoms with Crippen molar-refractivity contribution in [3.8, 4) is 0 Å². The number of benzene rings is 1. The molecule has 0 radical (unpaired) electrons. The zero-order valence-electron chi connectivity index (χ0n) is 11.7. The summed E-state index contributed by atoms with van der Waals surface area (Å²) in [6, 6.07) is 9.60. The van der Waals surface area contributed by atoms with E-state index in [-0.39, 0.29) is 18.2 Å². The lowest BCUT2D eigenvalue weighted by Gasteiger charge is -2.39. The number of carbonyl (C=O) groups excluding carboxylic acids is 1. The van der Waals surface area contributed by atoms with Crippen molar-refractivity contribution in [1.82, 2.24) is 4.90 Å². The summed E-state index contributed by atoms with van der Waals surface area (Å²) in [6.07, 6.45) is 0.195. The monoisotopic (exact) mass is 276 g/mol. The van der Waals surface area contributed by atoms with Crippen LogP contribution in [0.4, 0.5) is 5.69 Å². The number of rotatable bonds is 6. The molecule has 0 bridgehead atoms. The summed E-state index contributed by atoms with van der Waals surface area (Å²) in [7, 11) is 0. The topological polar surface area (TPSA) is 60.9 Å². The van der Waals surface area contributed by atoms with E-state index in [1.165, 1.54) is 0 Å². The van der Waals surface area contributed by atoms with Gasteiger partial charge in [0, 0.05) is 25.3 Å². The minimum Gasteiger partial charge on any atom is -0.481 e. The molecule has 1 N–H and O–H groups in total. The molecule has 20 heavy (non-hydrogen) atoms. The lowest BCUT2D eigenvalue weighted by Crippen LogP contribution is -2.52. The molecule has 1 aliphatic heterocycles. The molecule has 0 aromatic heterocycles. The molecular formula is C15H20N2O3. The number of carbonyl (C=O) groups is 2. The highest BCUT2D eigenvalue weighted by molar-refractivity contribution is 5.94. The van der Waals surface area contributed by atoms with E-state index in [2.05, 4.69) is 0 Å². The zero-order chi connectivity index (χ0) is 14.5. The lowest BCUT2D eigenvalue weighted by molar-refractivity contribution is -0.139. The number of hydrogen-bond acceptors (Lipinski definition) is 3. The van der Waals surface area contributed by atoms with Gasteiger partial charge in [-0.25, -0.2) is 0 Å². The number of carboxylic acid groups (broad SMARTS) is 1. The fourth-order valence-electron chi connectivity index (χ4n) is 2.57. The van der Waals surface area contributed by atoms with Crippen LogP contribution in [0.5, 0.6) is 0 Å². The molecule has 0 spiro atoms. The van der Waals surface area contributed by atoms with E-state index in [0.29, 0.717) is 26.2 Å². The predicted octanol–water partition coefficient (Wildman–Crippen LogP) is 1.45. The summed E-state index contributed by atoms with van der Waals surface area (Å²) >= 11 is 0. The molecule has 0 aliphatic carbocycles. The Hall–Kier alpha value is -1.88. The summed E-state index contributed by atoms with van der Waals surface area (Å²) in [5.74, 6) is -0.514. The fraction of sp³-hybridized carbons (Fsp3) is 0.467. The smallest absolute Gasteiger partial charge is 0.303 e. The minimum absolute atomic E-state index is 0.0625. The molecule has 1 amide bonds. The Labute approximate surface area is 118 Å². The van der Waals surface area contributed by atoms with Gasteiger partial charge in [0.1, 0.15) is 0 Å². The van der Waals surface area contributed by atoms with Crippen LogP contribution in [0.15, 0.2) is 30.3 Å². The standard InChI is InChI=1S/C15H20N2O3/c1-2-17(13-6-4-3-5-7-13)14(18)11-16-9-12(10-16)8-15(19)20/h3-7,12H,2,8-11H2,1H3,(H,19,20). The van der Waals surface area contributed by atoms with Crippen molar-refractivity contribution in [3.05, 3.63) is 30.3 Å². The van der Waals surface area contributed by atoms with Crippen molar-refractivity contribution in [2.45, 2.75) is 13.3 Å². The van der Waals surface area contributed by atoms with Gasteiger partial charge in [-0.3, -0.25) is 14.5 Å². The molecule has 0 saturated carbocycles. The van der Waals surface area contributed by atoms with Crippen LogP contribution in [-0.4, -0.2) is 48.1 Å². The summed E-state index contributed by atoms with van der Waals surface area (Å²) < 4.78 is 0. The van der Waals surface area contributed by atoms with Gasteiger partial charge in [-0.05, 0) is 25.0 Å². The molecule has 1 heterocycles. The first-order chi connectivity index (χ1) is 9.60. The van der Waals surface area contributed by atoms with Gasteiger partial charge in [-0.2, -0.15) is 0 Å². The van der Waals surface area contributed by atoms with Gasteiger partial charge in [0.25, 0.3) is 0 Å². The summed E-state index contributed by atoms with van der Waals surface area (Å²) in [5.41, 5.74) is 0.905. The van der Waals surface area contributed by atoms with E-state index in [4.69, 9.17) is 5.11 Å². The average Bonchev–Trinajstić information content (AvgIpc) is 2.38. The number of amides is 1. The second-order valence-electron chi connectivity index (χ2n) is 5.13. The van der Waals surface area contributed by atoms with Crippen LogP contribution in [0.3, 0.4) is 0 Å². The lowest BCUT2D eigenvalue weighted by atomic mass is 9.96. The van der Waals surface area contributed by atoms with E-state index in [1.54, 1.807) is 4.90 Å². The Morgan fingerprint density at radius 2 is 1.95 bits per heavy atom. The first-order valence-electron chi connectivity index (χ1n) is 6.89. The van der Waals surface area contributed by atoms with Gasteiger partial charge in [0.15, 0.2) is 0 Å². The van der Waals surface area contributed by atoms with Crippen LogP contribution in [0.2, 0.25) is 0 Å². The van der Waals surface area contributed by atoms with Gasteiger partial charge in [-0.1, -0.05) is 18.2 Å². The van der Waals surface area contributed by atoms with E-state index in [1.807, 2.05) is 42.2 Å². The maximum atomic E-state index is 12.3. The Bertz CT molecular complexity index is 469. The number of anilines is 1. The van der Waals surface area contributed by atoms with Gasteiger partial charge in [-0.15, -0.1) is 0 Å². The van der Waals surface area contributed by atoms with Crippen LogP contribution < -0.4 is 4.90 Å². The van der Waals surface area contributed by atoms with E-state index in [0.717, 1.165) is 5.69 Å². The summed E-state index contributed by atoms with van der Waals surface area (Å²) in [4.78, 5) is 26.6. The second kappa shape index (κ2) is 6.52. The molecule has 1 aliphatic rings. The SMILES string of the molecule is CCN(C(=O)CN1CC(CC(=O)O)C1)c1ccccc1. The highest BCUT2D eigenvalue weighted by Gasteiger charge is 2.30. The molecule has 1 fully saturated rings. The van der Waals surface area contributed by atoms with Crippen molar-refractivity contribution in [2.24, 2.45) is 5.92 Å². The molecule has 2 rings (SSSR count). The molecule has 108 valence electrons. The largest absolute Gasteiger partial charge is 0.481 e. The van der Waals surface area contributed by atoms with Gasteiger partial charge in [0.05, 0.1) is 13.0 Å². The molecule has 1 aromatic carbocycles. The average molecular weight is 276 g/mol. The number of aliphatic carboxylic acids is 1. The quantitative estimate of drug-likeness (QED) is 0.854. The number of nitrogens with zero attached hydrogens (tertiary/aromatic N) is 2. The van der Waals surface area contributed by atoms with Crippen molar-refractivity contribution in [2.75, 3.05) is 31.1 Å². The van der Waals surface area contributed by atoms with E-state index >= 15 is 0 Å². The summed E-state index contributed by atoms with van der Waals surface area (Å²) in [5, 5.41) is 8.70. The zero-order valence-corrected chi connectivity index (χ0v) is 11.7. The Morgan fingerprint density at radius 1 is 1.30 bits per heavy atom. The van der Waals surface area contributed by atoms with Crippen LogP contribution in [-0.2, 0) is 9.59 Å². The number of para-hydroxylation sites is 1. The number of likely N-dealkylation sites (N-methyl/N-ethyl adjacent to an activating group) is 1. The summed E-state index contributed by atoms with van der Waals surface area (Å²) in [6.45, 7) is 4.34. The molecule has 0 unspecified atom stereocenters. The van der Waals surface area contributed by atoms with E-state index in [9.17, 15) is 9.59 Å². The third-order valence-corrected chi connectivity index (χ3v) is 3.54. The molecule has 5 heteroatoms. The Balaban J connectivity index is 1.84. The van der Waals surface area contributed by atoms with Gasteiger partial charge >= 0.3 is 5.97 Å². The van der Waals surface area contributed by atoms with Crippen molar-refractivity contribution < 1.29 is 14.7 Å². The van der Waals surface area contributed by atoms with Crippen LogP contribution in [0.1, 0.15) is 13.3 Å². The Kier molecular flexibility index (Phi) is 4.74. The number of hydrogen-bond donors (Lipinski definition) is 1. The first-order valence-corrected chi connectivity index (χ1v) is 6.89. The second-order valence-corrected chi connectivity index (χ2v) is 5.13. The van der Waals surface area contributed by atoms with Crippen LogP contribution >= 0.6 is 0 Å². The number of likely N-dealkylation sites (tertiary alicyclic amines) is 1. The van der Waals surface area contributed by atoms with Crippen LogP contribution in [0, 0.1) is 5.92 Å². The normalized spacial score (nSPS) is 15.7. The molecule has 5 nitrogen and oxygen atoms in total. The van der Waals surface area contributed by atoms with Gasteiger partial charge in [0.2, 0.25) is 5.91 Å². The predicted molar refractivity (Wildman–Crippen MR) is 76.7 cm³/mol. The molecule has 0 atom stereocenters. The third kappa shape index (κ3) is 3.57. The third-order valence-electron chi connectivity index (χ3n) is 3.54. The fourth-order valence-corrected chi connectivity index (χ4v) is 2.57. The Morgan fingerprint density at radius 3 is 2.50 bits per heavy atom. The molecule has 1 aromatic rings.